The van der Waals surface area contributed by atoms with E-state index in [1.165, 1.54) is 238 Å². The molecule has 0 spiro atoms. The lowest BCUT2D eigenvalue weighted by Crippen LogP contribution is -2.30. The maximum absolute atomic E-state index is 12.9. The Morgan fingerprint density at radius 1 is 0.279 bits per heavy atom. The van der Waals surface area contributed by atoms with E-state index in [0.29, 0.717) is 19.3 Å². The summed E-state index contributed by atoms with van der Waals surface area (Å²) in [6, 6.07) is 0. The van der Waals surface area contributed by atoms with Gasteiger partial charge in [-0.2, -0.15) is 0 Å². The summed E-state index contributed by atoms with van der Waals surface area (Å²) in [5.41, 5.74) is 0. The zero-order chi connectivity index (χ0) is 49.3. The number of carbonyl (C=O) groups excluding carboxylic acids is 3. The lowest BCUT2D eigenvalue weighted by molar-refractivity contribution is -0.167. The highest BCUT2D eigenvalue weighted by Crippen LogP contribution is 2.18. The molecule has 0 heterocycles. The van der Waals surface area contributed by atoms with Crippen LogP contribution >= 0.6 is 0 Å². The fourth-order valence-electron chi connectivity index (χ4n) is 9.39. The van der Waals surface area contributed by atoms with E-state index in [1.54, 1.807) is 0 Å². The number of unbranched alkanes of at least 4 members (excludes halogenated alkanes) is 44. The maximum atomic E-state index is 12.9. The van der Waals surface area contributed by atoms with Crippen LogP contribution in [0.15, 0.2) is 12.2 Å². The Bertz CT molecular complexity index is 1060. The van der Waals surface area contributed by atoms with Crippen LogP contribution in [-0.2, 0) is 28.6 Å². The molecular weight excluding hydrogens is 841 g/mol. The molecule has 0 rings (SSSR count). The van der Waals surface area contributed by atoms with Crippen molar-refractivity contribution in [1.82, 2.24) is 0 Å². The zero-order valence-corrected chi connectivity index (χ0v) is 46.2. The molecule has 0 aromatic heterocycles. The minimum absolute atomic E-state index is 0.0665. The lowest BCUT2D eigenvalue weighted by Gasteiger charge is -2.18. The van der Waals surface area contributed by atoms with Gasteiger partial charge >= 0.3 is 17.9 Å². The number of ether oxygens (including phenoxy) is 3. The molecule has 1 atom stereocenters. The van der Waals surface area contributed by atoms with Crippen molar-refractivity contribution < 1.29 is 28.6 Å². The number of rotatable bonds is 57. The van der Waals surface area contributed by atoms with Crippen LogP contribution in [0.5, 0.6) is 0 Å². The molecule has 402 valence electrons. The molecule has 0 saturated heterocycles. The molecule has 0 saturated carbocycles. The van der Waals surface area contributed by atoms with Crippen molar-refractivity contribution in [2.45, 2.75) is 354 Å². The lowest BCUT2D eigenvalue weighted by atomic mass is 10.0. The van der Waals surface area contributed by atoms with E-state index in [2.05, 4.69) is 32.9 Å². The third kappa shape index (κ3) is 55.1. The minimum Gasteiger partial charge on any atom is -0.462 e. The predicted molar refractivity (Wildman–Crippen MR) is 293 cm³/mol. The summed E-state index contributed by atoms with van der Waals surface area (Å²) in [6.07, 6.45) is 66.5. The monoisotopic (exact) mass is 959 g/mol. The summed E-state index contributed by atoms with van der Waals surface area (Å²) in [4.78, 5) is 38.1. The molecule has 0 aromatic rings. The van der Waals surface area contributed by atoms with Crippen LogP contribution in [0, 0.1) is 0 Å². The van der Waals surface area contributed by atoms with E-state index in [0.717, 1.165) is 70.6 Å². The van der Waals surface area contributed by atoms with E-state index in [1.807, 2.05) is 0 Å². The molecule has 0 aliphatic heterocycles. The third-order valence-electron chi connectivity index (χ3n) is 14.0. The van der Waals surface area contributed by atoms with Gasteiger partial charge in [-0.15, -0.1) is 0 Å². The first kappa shape index (κ1) is 66.2. The highest BCUT2D eigenvalue weighted by molar-refractivity contribution is 5.71. The Kier molecular flexibility index (Phi) is 56.2. The summed E-state index contributed by atoms with van der Waals surface area (Å²) in [5.74, 6) is -0.851. The molecule has 0 N–H and O–H groups in total. The van der Waals surface area contributed by atoms with Gasteiger partial charge in [0, 0.05) is 19.3 Å². The second kappa shape index (κ2) is 57.7. The van der Waals surface area contributed by atoms with Gasteiger partial charge in [0.15, 0.2) is 6.10 Å². The third-order valence-corrected chi connectivity index (χ3v) is 14.0. The van der Waals surface area contributed by atoms with Gasteiger partial charge in [0.05, 0.1) is 0 Å². The number of carbonyl (C=O) groups is 3. The van der Waals surface area contributed by atoms with Crippen molar-refractivity contribution in [3.8, 4) is 0 Å². The number of hydrogen-bond donors (Lipinski definition) is 0. The van der Waals surface area contributed by atoms with Gasteiger partial charge in [-0.05, 0) is 38.5 Å². The molecule has 1 unspecified atom stereocenters. The van der Waals surface area contributed by atoms with E-state index in [4.69, 9.17) is 14.2 Å². The second-order valence-electron chi connectivity index (χ2n) is 21.0. The van der Waals surface area contributed by atoms with Gasteiger partial charge in [-0.25, -0.2) is 0 Å². The Labute approximate surface area is 424 Å². The van der Waals surface area contributed by atoms with Crippen LogP contribution in [0.25, 0.3) is 0 Å². The molecule has 0 aliphatic carbocycles. The van der Waals surface area contributed by atoms with E-state index < -0.39 is 6.10 Å². The van der Waals surface area contributed by atoms with Crippen LogP contribution in [0.2, 0.25) is 0 Å². The minimum atomic E-state index is -0.767. The number of allylic oxidation sites excluding steroid dienone is 2. The molecule has 0 aliphatic rings. The Morgan fingerprint density at radius 3 is 0.794 bits per heavy atom. The van der Waals surface area contributed by atoms with Crippen LogP contribution < -0.4 is 0 Å². The Hall–Kier alpha value is -1.85. The smallest absolute Gasteiger partial charge is 0.306 e. The van der Waals surface area contributed by atoms with Gasteiger partial charge in [0.1, 0.15) is 13.2 Å². The maximum Gasteiger partial charge on any atom is 0.306 e. The van der Waals surface area contributed by atoms with Crippen molar-refractivity contribution in [2.24, 2.45) is 0 Å². The summed E-state index contributed by atoms with van der Waals surface area (Å²) in [7, 11) is 0. The van der Waals surface area contributed by atoms with Crippen molar-refractivity contribution in [1.29, 1.82) is 0 Å². The van der Waals surface area contributed by atoms with Crippen LogP contribution in [0.1, 0.15) is 348 Å². The summed E-state index contributed by atoms with van der Waals surface area (Å²) in [6.45, 7) is 6.64. The van der Waals surface area contributed by atoms with Crippen molar-refractivity contribution in [2.75, 3.05) is 13.2 Å². The number of esters is 3. The largest absolute Gasteiger partial charge is 0.462 e. The van der Waals surface area contributed by atoms with Crippen LogP contribution in [0.3, 0.4) is 0 Å². The van der Waals surface area contributed by atoms with E-state index >= 15 is 0 Å². The summed E-state index contributed by atoms with van der Waals surface area (Å²) >= 11 is 0. The van der Waals surface area contributed by atoms with Gasteiger partial charge in [0.25, 0.3) is 0 Å². The fraction of sp³-hybridized carbons (Fsp3) is 0.919. The van der Waals surface area contributed by atoms with Gasteiger partial charge in [0.2, 0.25) is 0 Å². The first-order valence-corrected chi connectivity index (χ1v) is 30.7. The Morgan fingerprint density at radius 2 is 0.515 bits per heavy atom. The second-order valence-corrected chi connectivity index (χ2v) is 21.0. The van der Waals surface area contributed by atoms with Gasteiger partial charge in [-0.3, -0.25) is 14.4 Å². The molecule has 68 heavy (non-hydrogen) atoms. The SMILES string of the molecule is CCC/C=C\CCCCCCCC(=O)OCC(COC(=O)CCCCCCCCCCCCCCCCCCCCCCCC)OC(=O)CCCCCCCCCCCCCCCCCCCC. The molecule has 6 heteroatoms. The molecule has 0 aromatic carbocycles. The zero-order valence-electron chi connectivity index (χ0n) is 46.2. The van der Waals surface area contributed by atoms with Crippen molar-refractivity contribution in [3.63, 3.8) is 0 Å². The standard InChI is InChI=1S/C62H118O6/c1-4-7-10-13-16-19-22-24-26-28-30-31-32-33-35-36-38-40-43-46-49-52-55-61(64)67-58-59(57-66-60(63)54-51-48-45-42-21-18-15-12-9-6-3)68-62(65)56-53-50-47-44-41-39-37-34-29-27-25-23-20-17-14-11-8-5-2/h12,15,59H,4-11,13-14,16-58H2,1-3H3/b15-12-. The van der Waals surface area contributed by atoms with E-state index in [-0.39, 0.29) is 31.1 Å². The van der Waals surface area contributed by atoms with Gasteiger partial charge in [-0.1, -0.05) is 303 Å². The van der Waals surface area contributed by atoms with Crippen molar-refractivity contribution in [3.05, 3.63) is 12.2 Å². The first-order valence-electron chi connectivity index (χ1n) is 30.7. The molecule has 0 amide bonds. The number of hydrogen-bond acceptors (Lipinski definition) is 6. The topological polar surface area (TPSA) is 78.9 Å². The molecule has 6 nitrogen and oxygen atoms in total. The van der Waals surface area contributed by atoms with Crippen LogP contribution in [0.4, 0.5) is 0 Å². The summed E-state index contributed by atoms with van der Waals surface area (Å²) < 4.78 is 16.9. The first-order chi connectivity index (χ1) is 33.5. The average Bonchev–Trinajstić information content (AvgIpc) is 3.34. The quantitative estimate of drug-likeness (QED) is 0.0262. The highest BCUT2D eigenvalue weighted by Gasteiger charge is 2.19. The molecule has 0 fully saturated rings. The van der Waals surface area contributed by atoms with E-state index in [9.17, 15) is 14.4 Å². The fourth-order valence-corrected chi connectivity index (χ4v) is 9.39. The Balaban J connectivity index is 4.19. The van der Waals surface area contributed by atoms with Gasteiger partial charge < -0.3 is 14.2 Å². The molecule has 0 radical (unpaired) electrons. The normalized spacial score (nSPS) is 12.0. The average molecular weight is 960 g/mol. The van der Waals surface area contributed by atoms with Crippen molar-refractivity contribution >= 4 is 17.9 Å². The molecular formula is C62H118O6. The summed E-state index contributed by atoms with van der Waals surface area (Å²) in [5, 5.41) is 0. The predicted octanol–water partition coefficient (Wildman–Crippen LogP) is 20.5. The molecule has 0 bridgehead atoms. The highest BCUT2D eigenvalue weighted by atomic mass is 16.6. The van der Waals surface area contributed by atoms with Crippen LogP contribution in [-0.4, -0.2) is 37.2 Å².